The van der Waals surface area contributed by atoms with Crippen molar-refractivity contribution < 1.29 is 9.47 Å². The van der Waals surface area contributed by atoms with Crippen LogP contribution in [0.4, 0.5) is 5.69 Å². The first kappa shape index (κ1) is 13.7. The lowest BCUT2D eigenvalue weighted by Crippen LogP contribution is -2.04. The van der Waals surface area contributed by atoms with Gasteiger partial charge in [-0.3, -0.25) is 4.98 Å². The van der Waals surface area contributed by atoms with E-state index in [2.05, 4.69) is 11.1 Å². The molecule has 2 N–H and O–H groups in total. The second-order valence-corrected chi connectivity index (χ2v) is 4.19. The fourth-order valence-corrected chi connectivity index (χ4v) is 1.95. The van der Waals surface area contributed by atoms with E-state index in [1.807, 2.05) is 0 Å². The number of pyridine rings is 1. The summed E-state index contributed by atoms with van der Waals surface area (Å²) >= 11 is 0. The van der Waals surface area contributed by atoms with Crippen molar-refractivity contribution in [3.05, 3.63) is 47.8 Å². The van der Waals surface area contributed by atoms with Gasteiger partial charge in [0.2, 0.25) is 0 Å². The molecule has 2 aromatic rings. The molecule has 5 heteroatoms. The summed E-state index contributed by atoms with van der Waals surface area (Å²) in [5, 5.41) is 9.47. The van der Waals surface area contributed by atoms with Gasteiger partial charge in [0.1, 0.15) is 17.4 Å². The number of hydrogen-bond acceptors (Lipinski definition) is 5. The number of ether oxygens (including phenoxy) is 2. The molecule has 1 unspecified atom stereocenters. The monoisotopic (exact) mass is 269 g/mol. The summed E-state index contributed by atoms with van der Waals surface area (Å²) in [4.78, 5) is 4.21. The van der Waals surface area contributed by atoms with Crippen LogP contribution in [0.15, 0.2) is 36.5 Å². The number of nitrogens with zero attached hydrogens (tertiary/aromatic N) is 2. The van der Waals surface area contributed by atoms with E-state index >= 15 is 0 Å². The quantitative estimate of drug-likeness (QED) is 0.921. The highest BCUT2D eigenvalue weighted by atomic mass is 16.5. The number of nitrogens with two attached hydrogens (primary N) is 1. The van der Waals surface area contributed by atoms with Crippen molar-refractivity contribution in [3.63, 3.8) is 0 Å². The third kappa shape index (κ3) is 2.64. The first-order valence-electron chi connectivity index (χ1n) is 6.02. The molecule has 0 aliphatic carbocycles. The Morgan fingerprint density at radius 2 is 2.00 bits per heavy atom. The van der Waals surface area contributed by atoms with Crippen molar-refractivity contribution in [1.82, 2.24) is 4.98 Å². The van der Waals surface area contributed by atoms with Crippen LogP contribution in [0.5, 0.6) is 11.5 Å². The van der Waals surface area contributed by atoms with Crippen molar-refractivity contribution in [2.45, 2.75) is 5.92 Å². The van der Waals surface area contributed by atoms with E-state index in [0.29, 0.717) is 28.4 Å². The molecule has 0 amide bonds. The molecular weight excluding hydrogens is 254 g/mol. The number of anilines is 1. The molecule has 1 aromatic carbocycles. The highest BCUT2D eigenvalue weighted by Crippen LogP contribution is 2.33. The standard InChI is InChI=1S/C15H15N3O2/c1-19-11-4-6-15(20-2)12(7-11)13(8-16)14-5-3-10(17)9-18-14/h3-7,9,13H,17H2,1-2H3. The first-order valence-corrected chi connectivity index (χ1v) is 6.02. The Kier molecular flexibility index (Phi) is 4.06. The third-order valence-corrected chi connectivity index (χ3v) is 2.98. The molecule has 0 aliphatic heterocycles. The largest absolute Gasteiger partial charge is 0.497 e. The highest BCUT2D eigenvalue weighted by Gasteiger charge is 2.20. The zero-order valence-electron chi connectivity index (χ0n) is 11.3. The summed E-state index contributed by atoms with van der Waals surface area (Å²) < 4.78 is 10.5. The predicted molar refractivity (Wildman–Crippen MR) is 75.7 cm³/mol. The van der Waals surface area contributed by atoms with Gasteiger partial charge in [-0.15, -0.1) is 0 Å². The molecule has 102 valence electrons. The van der Waals surface area contributed by atoms with Gasteiger partial charge >= 0.3 is 0 Å². The van der Waals surface area contributed by atoms with Crippen LogP contribution in [0.2, 0.25) is 0 Å². The minimum atomic E-state index is -0.541. The maximum absolute atomic E-state index is 9.47. The summed E-state index contributed by atoms with van der Waals surface area (Å²) in [6.07, 6.45) is 1.53. The Morgan fingerprint density at radius 1 is 1.20 bits per heavy atom. The molecule has 0 spiro atoms. The zero-order valence-corrected chi connectivity index (χ0v) is 11.3. The van der Waals surface area contributed by atoms with Gasteiger partial charge in [-0.25, -0.2) is 0 Å². The SMILES string of the molecule is COc1ccc(OC)c(C(C#N)c2ccc(N)cn2)c1. The van der Waals surface area contributed by atoms with E-state index in [-0.39, 0.29) is 0 Å². The van der Waals surface area contributed by atoms with Gasteiger partial charge in [-0.2, -0.15) is 5.26 Å². The Morgan fingerprint density at radius 3 is 2.55 bits per heavy atom. The Bertz CT molecular complexity index is 633. The third-order valence-electron chi connectivity index (χ3n) is 2.98. The Hall–Kier alpha value is -2.74. The van der Waals surface area contributed by atoms with Gasteiger partial charge in [0.25, 0.3) is 0 Å². The smallest absolute Gasteiger partial charge is 0.124 e. The number of nitrogen functional groups attached to an aromatic ring is 1. The van der Waals surface area contributed by atoms with Gasteiger partial charge in [0, 0.05) is 5.56 Å². The van der Waals surface area contributed by atoms with Gasteiger partial charge < -0.3 is 15.2 Å². The van der Waals surface area contributed by atoms with Gasteiger partial charge in [-0.05, 0) is 30.3 Å². The summed E-state index contributed by atoms with van der Waals surface area (Å²) in [7, 11) is 3.14. The van der Waals surface area contributed by atoms with E-state index in [1.54, 1.807) is 44.6 Å². The molecule has 1 heterocycles. The van der Waals surface area contributed by atoms with Crippen LogP contribution in [0.25, 0.3) is 0 Å². The minimum absolute atomic E-state index is 0.541. The van der Waals surface area contributed by atoms with Gasteiger partial charge in [0.05, 0.1) is 37.9 Å². The molecule has 0 radical (unpaired) electrons. The zero-order chi connectivity index (χ0) is 14.5. The number of benzene rings is 1. The number of rotatable bonds is 4. The van der Waals surface area contributed by atoms with Crippen molar-refractivity contribution in [2.75, 3.05) is 20.0 Å². The summed E-state index contributed by atoms with van der Waals surface area (Å²) in [6.45, 7) is 0. The minimum Gasteiger partial charge on any atom is -0.497 e. The normalized spacial score (nSPS) is 11.4. The topological polar surface area (TPSA) is 81.2 Å². The van der Waals surface area contributed by atoms with Crippen LogP contribution in [-0.2, 0) is 0 Å². The van der Waals surface area contributed by atoms with Crippen LogP contribution >= 0.6 is 0 Å². The van der Waals surface area contributed by atoms with E-state index in [0.717, 1.165) is 0 Å². The number of aromatic nitrogens is 1. The molecule has 5 nitrogen and oxygen atoms in total. The van der Waals surface area contributed by atoms with Crippen molar-refractivity contribution in [2.24, 2.45) is 0 Å². The van der Waals surface area contributed by atoms with Crippen molar-refractivity contribution >= 4 is 5.69 Å². The van der Waals surface area contributed by atoms with E-state index < -0.39 is 5.92 Å². The molecule has 0 bridgehead atoms. The first-order chi connectivity index (χ1) is 9.69. The molecule has 0 fully saturated rings. The van der Waals surface area contributed by atoms with Gasteiger partial charge in [0.15, 0.2) is 0 Å². The van der Waals surface area contributed by atoms with Crippen LogP contribution in [0.3, 0.4) is 0 Å². The Balaban J connectivity index is 2.51. The lowest BCUT2D eigenvalue weighted by molar-refractivity contribution is 0.398. The maximum Gasteiger partial charge on any atom is 0.124 e. The lowest BCUT2D eigenvalue weighted by Gasteiger charge is -2.14. The second kappa shape index (κ2) is 5.93. The summed E-state index contributed by atoms with van der Waals surface area (Å²) in [5.74, 6) is 0.744. The predicted octanol–water partition coefficient (Wildman–Crippen LogP) is 2.34. The van der Waals surface area contributed by atoms with E-state index in [4.69, 9.17) is 15.2 Å². The molecule has 0 saturated heterocycles. The average Bonchev–Trinajstić information content (AvgIpc) is 2.49. The summed E-state index contributed by atoms with van der Waals surface area (Å²) in [6, 6.07) is 11.0. The fourth-order valence-electron chi connectivity index (χ4n) is 1.95. The number of hydrogen-bond donors (Lipinski definition) is 1. The van der Waals surface area contributed by atoms with Crippen LogP contribution in [-0.4, -0.2) is 19.2 Å². The Labute approximate surface area is 117 Å². The van der Waals surface area contributed by atoms with E-state index in [1.165, 1.54) is 6.20 Å². The molecule has 1 aromatic heterocycles. The highest BCUT2D eigenvalue weighted by molar-refractivity contribution is 5.49. The maximum atomic E-state index is 9.47. The number of nitriles is 1. The fraction of sp³-hybridized carbons (Fsp3) is 0.200. The molecule has 20 heavy (non-hydrogen) atoms. The molecule has 0 aliphatic rings. The molecular formula is C15H15N3O2. The van der Waals surface area contributed by atoms with Crippen molar-refractivity contribution in [3.8, 4) is 17.6 Å². The van der Waals surface area contributed by atoms with Gasteiger partial charge in [-0.1, -0.05) is 0 Å². The summed E-state index contributed by atoms with van der Waals surface area (Å²) in [5.41, 5.74) is 7.51. The van der Waals surface area contributed by atoms with Crippen LogP contribution in [0.1, 0.15) is 17.2 Å². The van der Waals surface area contributed by atoms with Crippen molar-refractivity contribution in [1.29, 1.82) is 5.26 Å². The van der Waals surface area contributed by atoms with Crippen LogP contribution < -0.4 is 15.2 Å². The van der Waals surface area contributed by atoms with Crippen LogP contribution in [0, 0.1) is 11.3 Å². The average molecular weight is 269 g/mol. The molecule has 0 saturated carbocycles. The van der Waals surface area contributed by atoms with E-state index in [9.17, 15) is 5.26 Å². The number of methoxy groups -OCH3 is 2. The second-order valence-electron chi connectivity index (χ2n) is 4.19. The lowest BCUT2D eigenvalue weighted by atomic mass is 9.95. The molecule has 1 atom stereocenters. The molecule has 2 rings (SSSR count).